The fourth-order valence-electron chi connectivity index (χ4n) is 2.62. The van der Waals surface area contributed by atoms with Gasteiger partial charge in [0.25, 0.3) is 5.24 Å². The molecule has 4 nitrogen and oxygen atoms in total. The first kappa shape index (κ1) is 18.5. The molecule has 0 atom stereocenters. The number of phenolic OH excluding ortho intramolecular Hbond substituents is 1. The summed E-state index contributed by atoms with van der Waals surface area (Å²) in [5.41, 5.74) is 3.34. The number of aliphatic imine (C=N–C) groups is 1. The van der Waals surface area contributed by atoms with Crippen LogP contribution >= 0.6 is 23.4 Å². The highest BCUT2D eigenvalue weighted by Gasteiger charge is 2.24. The van der Waals surface area contributed by atoms with E-state index in [-0.39, 0.29) is 16.9 Å². The van der Waals surface area contributed by atoms with Gasteiger partial charge in [0.15, 0.2) is 0 Å². The van der Waals surface area contributed by atoms with Crippen molar-refractivity contribution in [3.05, 3.63) is 63.0 Å². The fourth-order valence-corrected chi connectivity index (χ4v) is 3.49. The Morgan fingerprint density at radius 3 is 2.58 bits per heavy atom. The predicted octanol–water partition coefficient (Wildman–Crippen LogP) is 6.00. The summed E-state index contributed by atoms with van der Waals surface area (Å²) in [6, 6.07) is 11.0. The average molecular weight is 387 g/mol. The molecule has 0 bridgehead atoms. The first-order chi connectivity index (χ1) is 12.3. The van der Waals surface area contributed by atoms with Crippen molar-refractivity contribution in [1.82, 2.24) is 5.32 Å². The van der Waals surface area contributed by atoms with Crippen molar-refractivity contribution in [2.45, 2.75) is 26.7 Å². The molecule has 26 heavy (non-hydrogen) atoms. The molecule has 1 aliphatic heterocycles. The van der Waals surface area contributed by atoms with Crippen molar-refractivity contribution >= 4 is 46.2 Å². The number of hydrogen-bond acceptors (Lipinski definition) is 4. The fraction of sp³-hybridized carbons (Fsp3) is 0.200. The molecule has 1 amide bonds. The molecule has 0 aliphatic carbocycles. The van der Waals surface area contributed by atoms with Crippen LogP contribution in [-0.2, 0) is 0 Å². The number of amides is 1. The van der Waals surface area contributed by atoms with Crippen LogP contribution in [0.25, 0.3) is 6.08 Å². The van der Waals surface area contributed by atoms with Gasteiger partial charge in [-0.3, -0.25) is 4.79 Å². The van der Waals surface area contributed by atoms with Crippen LogP contribution < -0.4 is 5.32 Å². The van der Waals surface area contributed by atoms with Crippen LogP contribution in [0.4, 0.5) is 10.5 Å². The maximum absolute atomic E-state index is 11.9. The Balaban J connectivity index is 2.02. The number of aromatic hydroxyl groups is 1. The van der Waals surface area contributed by atoms with Crippen molar-refractivity contribution in [3.63, 3.8) is 0 Å². The van der Waals surface area contributed by atoms with Gasteiger partial charge in [-0.05, 0) is 71.6 Å². The topological polar surface area (TPSA) is 61.7 Å². The van der Waals surface area contributed by atoms with Gasteiger partial charge in [-0.25, -0.2) is 4.99 Å². The van der Waals surface area contributed by atoms with E-state index in [2.05, 4.69) is 10.3 Å². The zero-order valence-electron chi connectivity index (χ0n) is 14.7. The first-order valence-corrected chi connectivity index (χ1v) is 9.41. The van der Waals surface area contributed by atoms with Gasteiger partial charge in [0.2, 0.25) is 0 Å². The molecule has 2 aromatic rings. The second-order valence-electron chi connectivity index (χ2n) is 6.39. The molecule has 0 radical (unpaired) electrons. The minimum atomic E-state index is -0.163. The van der Waals surface area contributed by atoms with Crippen LogP contribution in [0.15, 0.2) is 46.3 Å². The van der Waals surface area contributed by atoms with Crippen molar-refractivity contribution in [2.75, 3.05) is 0 Å². The number of hydrogen-bond donors (Lipinski definition) is 2. The Morgan fingerprint density at radius 1 is 1.23 bits per heavy atom. The number of carbonyl (C=O) groups excluding carboxylic acids is 1. The largest absolute Gasteiger partial charge is 0.508 e. The third-order valence-electron chi connectivity index (χ3n) is 4.02. The molecular weight excluding hydrogens is 368 g/mol. The van der Waals surface area contributed by atoms with E-state index in [0.717, 1.165) is 39.0 Å². The van der Waals surface area contributed by atoms with E-state index in [4.69, 9.17) is 11.6 Å². The Labute approximate surface area is 162 Å². The molecule has 0 aromatic heterocycles. The third-order valence-corrected chi connectivity index (χ3v) is 5.09. The quantitative estimate of drug-likeness (QED) is 0.679. The molecule has 0 unspecified atom stereocenters. The number of phenols is 1. The van der Waals surface area contributed by atoms with E-state index in [1.54, 1.807) is 18.2 Å². The number of rotatable bonds is 3. The maximum atomic E-state index is 11.9. The number of nitrogens with zero attached hydrogens (tertiary/aromatic N) is 1. The maximum Gasteiger partial charge on any atom is 0.289 e. The molecule has 3 rings (SSSR count). The summed E-state index contributed by atoms with van der Waals surface area (Å²) in [6.07, 6.45) is 1.90. The van der Waals surface area contributed by atoms with Crippen LogP contribution in [0.1, 0.15) is 36.5 Å². The van der Waals surface area contributed by atoms with Gasteiger partial charge < -0.3 is 10.4 Å². The molecule has 2 aromatic carbocycles. The highest BCUT2D eigenvalue weighted by atomic mass is 35.5. The Kier molecular flexibility index (Phi) is 5.39. The van der Waals surface area contributed by atoms with E-state index < -0.39 is 0 Å². The normalized spacial score (nSPS) is 17.3. The second kappa shape index (κ2) is 7.56. The summed E-state index contributed by atoms with van der Waals surface area (Å²) in [4.78, 5) is 17.3. The van der Waals surface area contributed by atoms with Crippen LogP contribution in [0.3, 0.4) is 0 Å². The zero-order valence-corrected chi connectivity index (χ0v) is 16.3. The van der Waals surface area contributed by atoms with Crippen molar-refractivity contribution in [3.8, 4) is 5.75 Å². The lowest BCUT2D eigenvalue weighted by molar-refractivity contribution is 0.265. The lowest BCUT2D eigenvalue weighted by atomic mass is 9.99. The van der Waals surface area contributed by atoms with Gasteiger partial charge in [-0.1, -0.05) is 37.6 Å². The SMILES string of the molecule is Cc1cc(O)c(C(C)C)cc1N=C1NC(=O)S/C1=C/c1ccc(Cl)cc1. The molecule has 1 fully saturated rings. The number of nitrogens with one attached hydrogen (secondary N) is 1. The summed E-state index contributed by atoms with van der Waals surface area (Å²) >= 11 is 7.03. The highest BCUT2D eigenvalue weighted by Crippen LogP contribution is 2.34. The molecule has 2 N–H and O–H groups in total. The monoisotopic (exact) mass is 386 g/mol. The Morgan fingerprint density at radius 2 is 1.92 bits per heavy atom. The van der Waals surface area contributed by atoms with Crippen LogP contribution in [-0.4, -0.2) is 16.2 Å². The number of aryl methyl sites for hydroxylation is 1. The van der Waals surface area contributed by atoms with Crippen molar-refractivity contribution in [1.29, 1.82) is 0 Å². The molecule has 0 spiro atoms. The number of halogens is 1. The standard InChI is InChI=1S/C20H19ClN2O2S/c1-11(2)15-10-16(12(3)8-17(15)24)22-19-18(26-20(25)23-19)9-13-4-6-14(21)7-5-13/h4-11,24H,1-3H3,(H,22,23,25)/b18-9+. The van der Waals surface area contributed by atoms with Crippen LogP contribution in [0, 0.1) is 6.92 Å². The van der Waals surface area contributed by atoms with E-state index in [9.17, 15) is 9.90 Å². The first-order valence-electron chi connectivity index (χ1n) is 8.22. The van der Waals surface area contributed by atoms with E-state index in [0.29, 0.717) is 10.9 Å². The lowest BCUT2D eigenvalue weighted by Crippen LogP contribution is -2.18. The van der Waals surface area contributed by atoms with Gasteiger partial charge in [0, 0.05) is 5.02 Å². The molecule has 0 saturated carbocycles. The molecular formula is C20H19ClN2O2S. The summed E-state index contributed by atoms with van der Waals surface area (Å²) in [7, 11) is 0. The number of benzene rings is 2. The minimum absolute atomic E-state index is 0.163. The summed E-state index contributed by atoms with van der Waals surface area (Å²) < 4.78 is 0. The molecule has 1 aliphatic rings. The lowest BCUT2D eigenvalue weighted by Gasteiger charge is -2.11. The summed E-state index contributed by atoms with van der Waals surface area (Å²) in [5.74, 6) is 0.952. The molecule has 1 heterocycles. The van der Waals surface area contributed by atoms with Crippen LogP contribution in [0.5, 0.6) is 5.75 Å². The second-order valence-corrected chi connectivity index (χ2v) is 7.84. The highest BCUT2D eigenvalue weighted by molar-refractivity contribution is 8.18. The summed E-state index contributed by atoms with van der Waals surface area (Å²) in [5, 5.41) is 13.4. The number of carbonyl (C=O) groups is 1. The average Bonchev–Trinajstić information content (AvgIpc) is 2.91. The van der Waals surface area contributed by atoms with Gasteiger partial charge in [-0.2, -0.15) is 0 Å². The number of amidine groups is 1. The Bertz CT molecular complexity index is 918. The number of thioether (sulfide) groups is 1. The summed E-state index contributed by atoms with van der Waals surface area (Å²) in [6.45, 7) is 5.91. The van der Waals surface area contributed by atoms with Crippen LogP contribution in [0.2, 0.25) is 5.02 Å². The zero-order chi connectivity index (χ0) is 18.8. The smallest absolute Gasteiger partial charge is 0.289 e. The minimum Gasteiger partial charge on any atom is -0.508 e. The van der Waals surface area contributed by atoms with E-state index in [1.807, 2.05) is 45.0 Å². The molecule has 134 valence electrons. The van der Waals surface area contributed by atoms with E-state index in [1.165, 1.54) is 0 Å². The predicted molar refractivity (Wildman–Crippen MR) is 110 cm³/mol. The molecule has 6 heteroatoms. The van der Waals surface area contributed by atoms with Gasteiger partial charge in [0.1, 0.15) is 11.6 Å². The molecule has 1 saturated heterocycles. The van der Waals surface area contributed by atoms with Gasteiger partial charge in [-0.15, -0.1) is 0 Å². The Hall–Kier alpha value is -2.24. The van der Waals surface area contributed by atoms with Gasteiger partial charge >= 0.3 is 0 Å². The van der Waals surface area contributed by atoms with Gasteiger partial charge in [0.05, 0.1) is 10.6 Å². The van der Waals surface area contributed by atoms with Crippen molar-refractivity contribution in [2.24, 2.45) is 4.99 Å². The van der Waals surface area contributed by atoms with E-state index >= 15 is 0 Å². The van der Waals surface area contributed by atoms with Crippen molar-refractivity contribution < 1.29 is 9.90 Å². The third kappa shape index (κ3) is 4.11.